The Bertz CT molecular complexity index is 481. The molecule has 0 aliphatic rings. The molecule has 0 radical (unpaired) electrons. The summed E-state index contributed by atoms with van der Waals surface area (Å²) in [6, 6.07) is 8.65. The van der Waals surface area contributed by atoms with Gasteiger partial charge >= 0.3 is 6.01 Å². The van der Waals surface area contributed by atoms with Crippen LogP contribution < -0.4 is 4.90 Å². The molecule has 0 saturated carbocycles. The maximum Gasteiger partial charge on any atom is 0.322 e. The average molecular weight is 252 g/mol. The Morgan fingerprint density at radius 1 is 1.24 bits per heavy atom. The maximum absolute atomic E-state index is 5.64. The molecule has 1 aromatic carbocycles. The zero-order valence-corrected chi connectivity index (χ0v) is 10.6. The molecule has 0 saturated heterocycles. The largest absolute Gasteiger partial charge is 0.406 e. The van der Waals surface area contributed by atoms with Gasteiger partial charge in [-0.25, -0.2) is 0 Å². The summed E-state index contributed by atoms with van der Waals surface area (Å²) in [6.45, 7) is 4.84. The van der Waals surface area contributed by atoms with Crippen LogP contribution in [-0.2, 0) is 5.88 Å². The minimum absolute atomic E-state index is 0.235. The van der Waals surface area contributed by atoms with Crippen LogP contribution in [0.1, 0.15) is 18.4 Å². The van der Waals surface area contributed by atoms with Gasteiger partial charge in [0.2, 0.25) is 5.89 Å². The van der Waals surface area contributed by atoms with Crippen molar-refractivity contribution in [2.75, 3.05) is 11.4 Å². The van der Waals surface area contributed by atoms with Gasteiger partial charge in [-0.1, -0.05) is 22.8 Å². The quantitative estimate of drug-likeness (QED) is 0.782. The molecule has 4 nitrogen and oxygen atoms in total. The lowest BCUT2D eigenvalue weighted by Crippen LogP contribution is -2.16. The van der Waals surface area contributed by atoms with Crippen LogP contribution in [0.5, 0.6) is 0 Å². The van der Waals surface area contributed by atoms with Crippen molar-refractivity contribution in [1.29, 1.82) is 0 Å². The fraction of sp³-hybridized carbons (Fsp3) is 0.333. The highest BCUT2D eigenvalue weighted by Crippen LogP contribution is 2.24. The molecule has 1 heterocycles. The molecule has 0 unspecified atom stereocenters. The van der Waals surface area contributed by atoms with Crippen LogP contribution in [0.3, 0.4) is 0 Å². The second-order valence-electron chi connectivity index (χ2n) is 3.69. The first kappa shape index (κ1) is 11.9. The number of benzene rings is 1. The van der Waals surface area contributed by atoms with Crippen LogP contribution in [-0.4, -0.2) is 16.7 Å². The number of hydrogen-bond donors (Lipinski definition) is 0. The molecule has 2 aromatic rings. The van der Waals surface area contributed by atoms with Crippen LogP contribution in [0.2, 0.25) is 0 Å². The molecule has 0 spiro atoms. The fourth-order valence-corrected chi connectivity index (χ4v) is 1.67. The van der Waals surface area contributed by atoms with Gasteiger partial charge in [0.25, 0.3) is 0 Å². The number of halogens is 1. The Balaban J connectivity index is 2.29. The lowest BCUT2D eigenvalue weighted by Gasteiger charge is -2.17. The molecule has 0 atom stereocenters. The summed E-state index contributed by atoms with van der Waals surface area (Å²) in [6.07, 6.45) is 0. The van der Waals surface area contributed by atoms with Crippen LogP contribution in [0, 0.1) is 6.92 Å². The zero-order chi connectivity index (χ0) is 12.3. The molecule has 0 aliphatic heterocycles. The van der Waals surface area contributed by atoms with Crippen molar-refractivity contribution < 1.29 is 4.42 Å². The number of rotatable bonds is 4. The molecule has 0 bridgehead atoms. The van der Waals surface area contributed by atoms with Crippen molar-refractivity contribution in [2.45, 2.75) is 19.7 Å². The Morgan fingerprint density at radius 2 is 1.94 bits per heavy atom. The molecule has 1 aromatic heterocycles. The van der Waals surface area contributed by atoms with Gasteiger partial charge in [-0.3, -0.25) is 4.90 Å². The van der Waals surface area contributed by atoms with E-state index in [2.05, 4.69) is 29.3 Å². The van der Waals surface area contributed by atoms with E-state index in [0.717, 1.165) is 12.2 Å². The van der Waals surface area contributed by atoms with Crippen LogP contribution >= 0.6 is 11.6 Å². The second kappa shape index (κ2) is 5.19. The SMILES string of the molecule is CCN(c1ccc(C)cc1)c1nnc(CCl)o1. The van der Waals surface area contributed by atoms with Crippen molar-refractivity contribution in [1.82, 2.24) is 10.2 Å². The third kappa shape index (κ3) is 2.58. The summed E-state index contributed by atoms with van der Waals surface area (Å²) in [5.41, 5.74) is 2.25. The Labute approximate surface area is 105 Å². The van der Waals surface area contributed by atoms with Crippen molar-refractivity contribution in [3.05, 3.63) is 35.7 Å². The molecule has 2 rings (SSSR count). The van der Waals surface area contributed by atoms with Gasteiger partial charge in [-0.2, -0.15) is 0 Å². The van der Waals surface area contributed by atoms with Crippen molar-refractivity contribution in [3.8, 4) is 0 Å². The molecular formula is C12H14ClN3O. The summed E-state index contributed by atoms with van der Waals surface area (Å²) >= 11 is 5.64. The van der Waals surface area contributed by atoms with Crippen molar-refractivity contribution >= 4 is 23.3 Å². The first-order valence-corrected chi connectivity index (χ1v) is 6.00. The highest BCUT2D eigenvalue weighted by Gasteiger charge is 2.14. The molecule has 0 fully saturated rings. The van der Waals surface area contributed by atoms with Crippen molar-refractivity contribution in [2.24, 2.45) is 0 Å². The summed E-state index contributed by atoms with van der Waals surface area (Å²) in [5, 5.41) is 7.84. The van der Waals surface area contributed by atoms with Gasteiger partial charge in [0.15, 0.2) is 0 Å². The molecule has 17 heavy (non-hydrogen) atoms. The minimum Gasteiger partial charge on any atom is -0.406 e. The first-order valence-electron chi connectivity index (χ1n) is 5.47. The molecule has 90 valence electrons. The smallest absolute Gasteiger partial charge is 0.322 e. The van der Waals surface area contributed by atoms with E-state index in [-0.39, 0.29) is 5.88 Å². The third-order valence-corrected chi connectivity index (χ3v) is 2.69. The number of anilines is 2. The highest BCUT2D eigenvalue weighted by atomic mass is 35.5. The van der Waals surface area contributed by atoms with Gasteiger partial charge in [-0.15, -0.1) is 16.7 Å². The summed E-state index contributed by atoms with van der Waals surface area (Å²) < 4.78 is 5.44. The number of alkyl halides is 1. The fourth-order valence-electron chi connectivity index (χ4n) is 1.56. The molecule has 0 amide bonds. The van der Waals surface area contributed by atoms with Gasteiger partial charge in [0.05, 0.1) is 0 Å². The van der Waals surface area contributed by atoms with Gasteiger partial charge in [0.1, 0.15) is 5.88 Å². The van der Waals surface area contributed by atoms with Crippen molar-refractivity contribution in [3.63, 3.8) is 0 Å². The third-order valence-electron chi connectivity index (χ3n) is 2.46. The normalized spacial score (nSPS) is 10.5. The molecular weight excluding hydrogens is 238 g/mol. The number of aromatic nitrogens is 2. The van der Waals surface area contributed by atoms with E-state index in [1.807, 2.05) is 24.0 Å². The maximum atomic E-state index is 5.64. The number of nitrogens with zero attached hydrogens (tertiary/aromatic N) is 3. The summed E-state index contributed by atoms with van der Waals surface area (Å²) in [4.78, 5) is 1.95. The van der Waals surface area contributed by atoms with Crippen LogP contribution in [0.25, 0.3) is 0 Å². The summed E-state index contributed by atoms with van der Waals surface area (Å²) in [7, 11) is 0. The lowest BCUT2D eigenvalue weighted by molar-refractivity contribution is 0.514. The van der Waals surface area contributed by atoms with Gasteiger partial charge < -0.3 is 4.42 Å². The van der Waals surface area contributed by atoms with E-state index in [1.54, 1.807) is 0 Å². The predicted octanol–water partition coefficient (Wildman–Crippen LogP) is 3.27. The lowest BCUT2D eigenvalue weighted by atomic mass is 10.2. The molecule has 0 aliphatic carbocycles. The Hall–Kier alpha value is -1.55. The second-order valence-corrected chi connectivity index (χ2v) is 3.96. The van der Waals surface area contributed by atoms with E-state index in [1.165, 1.54) is 5.56 Å². The van der Waals surface area contributed by atoms with E-state index < -0.39 is 0 Å². The first-order chi connectivity index (χ1) is 8.24. The topological polar surface area (TPSA) is 42.2 Å². The zero-order valence-electron chi connectivity index (χ0n) is 9.85. The van der Waals surface area contributed by atoms with Gasteiger partial charge in [0, 0.05) is 12.2 Å². The average Bonchev–Trinajstić information content (AvgIpc) is 2.81. The molecule has 5 heteroatoms. The van der Waals surface area contributed by atoms with E-state index >= 15 is 0 Å². The minimum atomic E-state index is 0.235. The monoisotopic (exact) mass is 251 g/mol. The van der Waals surface area contributed by atoms with E-state index in [4.69, 9.17) is 16.0 Å². The summed E-state index contributed by atoms with van der Waals surface area (Å²) in [5.74, 6) is 0.672. The highest BCUT2D eigenvalue weighted by molar-refractivity contribution is 6.16. The van der Waals surface area contributed by atoms with Crippen LogP contribution in [0.4, 0.5) is 11.7 Å². The van der Waals surface area contributed by atoms with E-state index in [9.17, 15) is 0 Å². The van der Waals surface area contributed by atoms with Crippen LogP contribution in [0.15, 0.2) is 28.7 Å². The predicted molar refractivity (Wildman–Crippen MR) is 67.7 cm³/mol. The Morgan fingerprint density at radius 3 is 2.47 bits per heavy atom. The number of hydrogen-bond acceptors (Lipinski definition) is 4. The Kier molecular flexibility index (Phi) is 3.64. The molecule has 0 N–H and O–H groups in total. The standard InChI is InChI=1S/C12H14ClN3O/c1-3-16(10-6-4-9(2)5-7-10)12-15-14-11(8-13)17-12/h4-7H,3,8H2,1-2H3. The number of aryl methyl sites for hydroxylation is 1. The van der Waals surface area contributed by atoms with E-state index in [0.29, 0.717) is 11.9 Å². The van der Waals surface area contributed by atoms with Gasteiger partial charge in [-0.05, 0) is 26.0 Å².